The minimum Gasteiger partial charge on any atom is -0.378 e. The van der Waals surface area contributed by atoms with Crippen molar-refractivity contribution in [3.8, 4) is 0 Å². The summed E-state index contributed by atoms with van der Waals surface area (Å²) < 4.78 is 32.9. The van der Waals surface area contributed by atoms with Crippen LogP contribution in [0, 0.1) is 11.2 Å². The van der Waals surface area contributed by atoms with Crippen LogP contribution in [0.25, 0.3) is 11.0 Å². The predicted octanol–water partition coefficient (Wildman–Crippen LogP) is 0.694. The van der Waals surface area contributed by atoms with Crippen LogP contribution in [0.15, 0.2) is 10.6 Å². The largest absolute Gasteiger partial charge is 0.378 e. The lowest BCUT2D eigenvalue weighted by Crippen LogP contribution is -2.75. The fourth-order valence-corrected chi connectivity index (χ4v) is 5.94. The van der Waals surface area contributed by atoms with Crippen LogP contribution in [0.3, 0.4) is 0 Å². The summed E-state index contributed by atoms with van der Waals surface area (Å²) in [6, 6.07) is 0.0540. The third kappa shape index (κ3) is 2.81. The van der Waals surface area contributed by atoms with E-state index in [1.165, 1.54) is 0 Å². The number of aromatic nitrogens is 1. The summed E-state index contributed by atoms with van der Waals surface area (Å²) in [5.41, 5.74) is -0.904. The molecule has 2 N–H and O–H groups in total. The molecule has 3 saturated heterocycles. The third-order valence-electron chi connectivity index (χ3n) is 7.26. The quantitative estimate of drug-likeness (QED) is 0.576. The number of morpholine rings is 2. The van der Waals surface area contributed by atoms with Crippen molar-refractivity contribution in [3.05, 3.63) is 17.4 Å². The second-order valence-corrected chi connectivity index (χ2v) is 9.32. The van der Waals surface area contributed by atoms with Crippen LogP contribution < -0.4 is 20.4 Å². The number of barbiturate groups is 1. The zero-order chi connectivity index (χ0) is 23.8. The third-order valence-corrected chi connectivity index (χ3v) is 7.26. The molecule has 34 heavy (non-hydrogen) atoms. The number of carbonyl (C=O) groups is 3. The van der Waals surface area contributed by atoms with Crippen molar-refractivity contribution in [2.24, 2.45) is 5.41 Å². The molecule has 4 aliphatic heterocycles. The van der Waals surface area contributed by atoms with E-state index in [2.05, 4.69) is 15.8 Å². The molecule has 3 atom stereocenters. The Labute approximate surface area is 193 Å². The average molecular weight is 473 g/mol. The number of ether oxygens (including phenoxy) is 2. The Hall–Kier alpha value is -3.25. The first kappa shape index (κ1) is 21.3. The van der Waals surface area contributed by atoms with Gasteiger partial charge in [0.15, 0.2) is 17.1 Å². The summed E-state index contributed by atoms with van der Waals surface area (Å²) >= 11 is 0. The summed E-state index contributed by atoms with van der Waals surface area (Å²) in [5.74, 6) is -1.53. The Balaban J connectivity index is 1.56. The van der Waals surface area contributed by atoms with E-state index in [4.69, 9.17) is 14.0 Å². The number of amides is 4. The van der Waals surface area contributed by atoms with Gasteiger partial charge in [-0.15, -0.1) is 0 Å². The maximum atomic E-state index is 16.1. The number of urea groups is 1. The van der Waals surface area contributed by atoms with Gasteiger partial charge in [0.1, 0.15) is 0 Å². The molecule has 0 saturated carbocycles. The molecule has 1 spiro atoms. The zero-order valence-electron chi connectivity index (χ0n) is 18.7. The highest BCUT2D eigenvalue weighted by Crippen LogP contribution is 2.49. The SMILES string of the molecule is C[C@H]1CN2c3c(cc4c(N5CCOCC5)noc4c3F)CC3(C(=O)NC(=O)NC3=O)[C@@H]2[C@@H](C)O1. The zero-order valence-corrected chi connectivity index (χ0v) is 18.7. The summed E-state index contributed by atoms with van der Waals surface area (Å²) in [4.78, 5) is 42.1. The number of hydrogen-bond donors (Lipinski definition) is 2. The highest BCUT2D eigenvalue weighted by Gasteiger charge is 2.63. The number of carbonyl (C=O) groups excluding carboxylic acids is 3. The maximum Gasteiger partial charge on any atom is 0.328 e. The van der Waals surface area contributed by atoms with Crippen molar-refractivity contribution in [3.63, 3.8) is 0 Å². The van der Waals surface area contributed by atoms with E-state index in [9.17, 15) is 14.4 Å². The number of hydrogen-bond acceptors (Lipinski definition) is 9. The number of nitrogens with zero attached hydrogens (tertiary/aromatic N) is 3. The highest BCUT2D eigenvalue weighted by atomic mass is 19.1. The number of anilines is 2. The first-order valence-electron chi connectivity index (χ1n) is 11.3. The van der Waals surface area contributed by atoms with Crippen LogP contribution in [-0.4, -0.2) is 74.1 Å². The molecule has 11 nitrogen and oxygen atoms in total. The van der Waals surface area contributed by atoms with Gasteiger partial charge in [0.2, 0.25) is 17.4 Å². The Morgan fingerprint density at radius 3 is 2.56 bits per heavy atom. The molecule has 1 aromatic carbocycles. The average Bonchev–Trinajstić information content (AvgIpc) is 3.21. The molecule has 0 bridgehead atoms. The fourth-order valence-electron chi connectivity index (χ4n) is 5.94. The van der Waals surface area contributed by atoms with E-state index in [-0.39, 0.29) is 30.3 Å². The van der Waals surface area contributed by atoms with Gasteiger partial charge in [-0.25, -0.2) is 9.18 Å². The summed E-state index contributed by atoms with van der Waals surface area (Å²) in [6.45, 7) is 6.05. The normalized spacial score (nSPS) is 28.6. The number of imide groups is 2. The van der Waals surface area contributed by atoms with Gasteiger partial charge >= 0.3 is 6.03 Å². The monoisotopic (exact) mass is 473 g/mol. The lowest BCUT2D eigenvalue weighted by Gasteiger charge is -2.55. The van der Waals surface area contributed by atoms with Gasteiger partial charge in [-0.05, 0) is 25.5 Å². The molecule has 0 radical (unpaired) electrons. The molecule has 12 heteroatoms. The van der Waals surface area contributed by atoms with E-state index in [1.54, 1.807) is 17.9 Å². The number of nitrogens with one attached hydrogen (secondary N) is 2. The van der Waals surface area contributed by atoms with Crippen molar-refractivity contribution in [2.75, 3.05) is 42.6 Å². The van der Waals surface area contributed by atoms with Crippen LogP contribution in [0.5, 0.6) is 0 Å². The molecule has 0 unspecified atom stereocenters. The van der Waals surface area contributed by atoms with E-state index in [1.807, 2.05) is 11.8 Å². The number of rotatable bonds is 1. The lowest BCUT2D eigenvalue weighted by molar-refractivity contribution is -0.153. The summed E-state index contributed by atoms with van der Waals surface area (Å²) in [5, 5.41) is 9.08. The standard InChI is InChI=1S/C22H24FN5O6/c1-10-9-28-15-12(7-13-16(14(15)23)34-26-18(13)27-3-5-32-6-4-27)8-22(17(28)11(2)33-10)19(29)24-21(31)25-20(22)30/h7,10-11,17H,3-6,8-9H2,1-2H3,(H2,24,25,29,30,31)/t10-,11+,17-/m0/s1. The van der Waals surface area contributed by atoms with Gasteiger partial charge in [0, 0.05) is 26.1 Å². The molecule has 0 aliphatic carbocycles. The Kier molecular flexibility index (Phi) is 4.62. The minimum absolute atomic E-state index is 0.0227. The van der Waals surface area contributed by atoms with Gasteiger partial charge in [-0.1, -0.05) is 5.16 Å². The number of benzene rings is 1. The minimum atomic E-state index is -1.67. The van der Waals surface area contributed by atoms with Gasteiger partial charge in [-0.3, -0.25) is 20.2 Å². The summed E-state index contributed by atoms with van der Waals surface area (Å²) in [6.07, 6.45) is -0.966. The Morgan fingerprint density at radius 1 is 1.15 bits per heavy atom. The van der Waals surface area contributed by atoms with Crippen LogP contribution in [0.2, 0.25) is 0 Å². The van der Waals surface area contributed by atoms with E-state index in [0.717, 1.165) is 0 Å². The van der Waals surface area contributed by atoms with E-state index < -0.39 is 41.2 Å². The molecular formula is C22H24FN5O6. The second kappa shape index (κ2) is 7.37. The van der Waals surface area contributed by atoms with E-state index >= 15 is 4.39 Å². The van der Waals surface area contributed by atoms with Crippen molar-refractivity contribution < 1.29 is 32.8 Å². The molecule has 2 aromatic rings. The Bertz CT molecular complexity index is 1200. The van der Waals surface area contributed by atoms with Crippen LogP contribution in [-0.2, 0) is 25.5 Å². The van der Waals surface area contributed by atoms with Crippen molar-refractivity contribution in [2.45, 2.75) is 38.5 Å². The maximum absolute atomic E-state index is 16.1. The van der Waals surface area contributed by atoms with Crippen LogP contribution in [0.4, 0.5) is 20.7 Å². The first-order chi connectivity index (χ1) is 16.3. The van der Waals surface area contributed by atoms with Gasteiger partial charge < -0.3 is 23.8 Å². The van der Waals surface area contributed by atoms with Gasteiger partial charge in [-0.2, -0.15) is 0 Å². The number of fused-ring (bicyclic) bond motifs is 5. The summed E-state index contributed by atoms with van der Waals surface area (Å²) in [7, 11) is 0. The first-order valence-corrected chi connectivity index (χ1v) is 11.3. The topological polar surface area (TPSA) is 126 Å². The van der Waals surface area contributed by atoms with Crippen LogP contribution in [0.1, 0.15) is 19.4 Å². The molecule has 3 fully saturated rings. The molecule has 5 heterocycles. The smallest absolute Gasteiger partial charge is 0.328 e. The number of halogens is 1. The van der Waals surface area contributed by atoms with E-state index in [0.29, 0.717) is 43.1 Å². The molecule has 4 aliphatic rings. The Morgan fingerprint density at radius 2 is 1.85 bits per heavy atom. The molecule has 1 aromatic heterocycles. The van der Waals surface area contributed by atoms with Crippen molar-refractivity contribution >= 4 is 40.3 Å². The molecule has 4 amide bonds. The lowest BCUT2D eigenvalue weighted by atomic mass is 9.66. The van der Waals surface area contributed by atoms with Gasteiger partial charge in [0.25, 0.3) is 0 Å². The second-order valence-electron chi connectivity index (χ2n) is 9.32. The molecule has 6 rings (SSSR count). The highest BCUT2D eigenvalue weighted by molar-refractivity contribution is 6.20. The molecule has 180 valence electrons. The van der Waals surface area contributed by atoms with Crippen LogP contribution >= 0.6 is 0 Å². The fraction of sp³-hybridized carbons (Fsp3) is 0.545. The predicted molar refractivity (Wildman–Crippen MR) is 116 cm³/mol. The van der Waals surface area contributed by atoms with Crippen molar-refractivity contribution in [1.29, 1.82) is 0 Å². The molecular weight excluding hydrogens is 449 g/mol. The van der Waals surface area contributed by atoms with Gasteiger partial charge in [0.05, 0.1) is 42.5 Å². The van der Waals surface area contributed by atoms with Crippen molar-refractivity contribution in [1.82, 2.24) is 15.8 Å².